The summed E-state index contributed by atoms with van der Waals surface area (Å²) in [5, 5.41) is 0. The van der Waals surface area contributed by atoms with Crippen LogP contribution in [0.25, 0.3) is 0 Å². The van der Waals surface area contributed by atoms with E-state index in [1.807, 2.05) is 0 Å². The van der Waals surface area contributed by atoms with Gasteiger partial charge in [0, 0.05) is 0 Å². The summed E-state index contributed by atoms with van der Waals surface area (Å²) < 4.78 is 30.8. The summed E-state index contributed by atoms with van der Waals surface area (Å²) in [6, 6.07) is 0. The molecule has 0 aliphatic heterocycles. The predicted molar refractivity (Wildman–Crippen MR) is 137 cm³/mol. The fraction of sp³-hybridized carbons (Fsp3) is 0.647. The van der Waals surface area contributed by atoms with E-state index < -0.39 is 23.3 Å². The molecule has 0 aromatic carbocycles. The minimum atomic E-state index is -0.762. The number of hydrogen-bond acceptors (Lipinski definition) is 15. The van der Waals surface area contributed by atoms with E-state index in [2.05, 4.69) is 14.2 Å². The molecule has 0 N–H and O–H groups in total. The summed E-state index contributed by atoms with van der Waals surface area (Å²) in [5.74, 6) is -1.26. The standard InChI is InChI=1S/C17H24O9S6/c1-17(8-24-14(27)30-5-11(18)21-2,9-25-15(28)31-6-12(19)22-3)10-26-16(29)32-7-13(20)23-4/h5-10H2,1-4H3. The van der Waals surface area contributed by atoms with Crippen molar-refractivity contribution in [2.75, 3.05) is 58.4 Å². The Labute approximate surface area is 215 Å². The second-order valence-corrected chi connectivity index (χ2v) is 10.8. The van der Waals surface area contributed by atoms with Gasteiger partial charge in [-0.15, -0.1) is 0 Å². The van der Waals surface area contributed by atoms with Crippen LogP contribution in [0, 0.1) is 5.41 Å². The van der Waals surface area contributed by atoms with Crippen LogP contribution in [0.5, 0.6) is 0 Å². The first-order chi connectivity index (χ1) is 15.0. The fourth-order valence-corrected chi connectivity index (χ4v) is 3.67. The Balaban J connectivity index is 4.83. The first-order valence-electron chi connectivity index (χ1n) is 8.64. The third kappa shape index (κ3) is 15.9. The highest BCUT2D eigenvalue weighted by Gasteiger charge is 2.30. The Hall–Kier alpha value is -0.870. The predicted octanol–water partition coefficient (Wildman–Crippen LogP) is 2.62. The van der Waals surface area contributed by atoms with Gasteiger partial charge in [-0.1, -0.05) is 35.3 Å². The molecule has 0 aromatic rings. The summed E-state index contributed by atoms with van der Waals surface area (Å²) in [6.45, 7) is 1.99. The molecular formula is C17H24O9S6. The summed E-state index contributed by atoms with van der Waals surface area (Å²) in [7, 11) is 3.84. The number of rotatable bonds is 12. The SMILES string of the molecule is COC(=O)CSC(=S)OCC(C)(COC(=S)SCC(=O)OC)COC(=S)SCC(=O)OC. The van der Waals surface area contributed by atoms with Gasteiger partial charge in [0.05, 0.1) is 44.0 Å². The molecule has 0 aliphatic rings. The number of carbonyl (C=O) groups excluding carboxylic acids is 3. The van der Waals surface area contributed by atoms with Crippen LogP contribution in [0.2, 0.25) is 0 Å². The maximum absolute atomic E-state index is 11.2. The molecule has 0 radical (unpaired) electrons. The molecule has 9 nitrogen and oxygen atoms in total. The van der Waals surface area contributed by atoms with Crippen LogP contribution in [0.1, 0.15) is 6.92 Å². The van der Waals surface area contributed by atoms with Gasteiger partial charge in [-0.05, 0) is 43.6 Å². The molecule has 15 heteroatoms. The van der Waals surface area contributed by atoms with Gasteiger partial charge >= 0.3 is 17.9 Å². The number of hydrogen-bond donors (Lipinski definition) is 0. The van der Waals surface area contributed by atoms with E-state index in [-0.39, 0.29) is 50.2 Å². The first kappa shape index (κ1) is 31.1. The zero-order valence-corrected chi connectivity index (χ0v) is 22.8. The zero-order valence-electron chi connectivity index (χ0n) is 17.9. The third-order valence-electron chi connectivity index (χ3n) is 3.22. The maximum atomic E-state index is 11.2. The number of esters is 3. The highest BCUT2D eigenvalue weighted by Crippen LogP contribution is 2.23. The molecular weight excluding hydrogens is 541 g/mol. The number of ether oxygens (including phenoxy) is 6. The van der Waals surface area contributed by atoms with E-state index in [1.165, 1.54) is 21.3 Å². The van der Waals surface area contributed by atoms with Crippen molar-refractivity contribution in [2.45, 2.75) is 6.92 Å². The Morgan fingerprint density at radius 1 is 0.625 bits per heavy atom. The molecule has 0 atom stereocenters. The lowest BCUT2D eigenvalue weighted by atomic mass is 9.94. The molecule has 0 aliphatic carbocycles. The van der Waals surface area contributed by atoms with Gasteiger partial charge < -0.3 is 28.4 Å². The van der Waals surface area contributed by atoms with E-state index in [1.54, 1.807) is 6.92 Å². The van der Waals surface area contributed by atoms with E-state index in [4.69, 9.17) is 50.9 Å². The largest absolute Gasteiger partial charge is 0.478 e. The van der Waals surface area contributed by atoms with Gasteiger partial charge in [-0.25, -0.2) is 0 Å². The average molecular weight is 565 g/mol. The van der Waals surface area contributed by atoms with Gasteiger partial charge in [0.2, 0.25) is 13.1 Å². The second-order valence-electron chi connectivity index (χ2n) is 6.02. The third-order valence-corrected chi connectivity index (χ3v) is 6.84. The minimum absolute atomic E-state index is 0.0154. The molecule has 0 fully saturated rings. The van der Waals surface area contributed by atoms with Crippen molar-refractivity contribution in [2.24, 2.45) is 5.41 Å². The van der Waals surface area contributed by atoms with Crippen molar-refractivity contribution in [3.63, 3.8) is 0 Å². The van der Waals surface area contributed by atoms with Crippen molar-refractivity contribution >= 4 is 103 Å². The number of thiocarbonyl (C=S) groups is 3. The molecule has 0 spiro atoms. The van der Waals surface area contributed by atoms with Crippen molar-refractivity contribution in [1.29, 1.82) is 0 Å². The van der Waals surface area contributed by atoms with Gasteiger partial charge in [-0.2, -0.15) is 0 Å². The Bertz CT molecular complexity index is 597. The smallest absolute Gasteiger partial charge is 0.316 e. The molecule has 0 amide bonds. The minimum Gasteiger partial charge on any atom is -0.478 e. The van der Waals surface area contributed by atoms with E-state index >= 15 is 0 Å². The van der Waals surface area contributed by atoms with Crippen LogP contribution in [0.15, 0.2) is 0 Å². The van der Waals surface area contributed by atoms with Gasteiger partial charge in [0.15, 0.2) is 0 Å². The molecule has 0 aromatic heterocycles. The normalized spacial score (nSPS) is 10.5. The monoisotopic (exact) mass is 564 g/mol. The van der Waals surface area contributed by atoms with Crippen LogP contribution in [-0.2, 0) is 42.8 Å². The molecule has 0 rings (SSSR count). The van der Waals surface area contributed by atoms with Crippen molar-refractivity contribution in [3.8, 4) is 0 Å². The first-order valence-corrected chi connectivity index (χ1v) is 12.8. The lowest BCUT2D eigenvalue weighted by molar-refractivity contribution is -0.138. The van der Waals surface area contributed by atoms with E-state index in [0.717, 1.165) is 35.3 Å². The summed E-state index contributed by atoms with van der Waals surface area (Å²) in [5.41, 5.74) is -0.762. The van der Waals surface area contributed by atoms with E-state index in [0.29, 0.717) is 0 Å². The van der Waals surface area contributed by atoms with Crippen LogP contribution < -0.4 is 0 Å². The molecule has 0 bridgehead atoms. The zero-order chi connectivity index (χ0) is 24.6. The molecule has 182 valence electrons. The van der Waals surface area contributed by atoms with Crippen molar-refractivity contribution in [1.82, 2.24) is 0 Å². The maximum Gasteiger partial charge on any atom is 0.316 e. The van der Waals surface area contributed by atoms with Gasteiger partial charge in [0.1, 0.15) is 19.8 Å². The highest BCUT2D eigenvalue weighted by molar-refractivity contribution is 8.23. The number of carbonyl (C=O) groups is 3. The Morgan fingerprint density at radius 2 is 0.875 bits per heavy atom. The fourth-order valence-electron chi connectivity index (χ4n) is 1.48. The Kier molecular flexibility index (Phi) is 17.1. The average Bonchev–Trinajstić information content (AvgIpc) is 2.80. The van der Waals surface area contributed by atoms with Gasteiger partial charge in [-0.3, -0.25) is 14.4 Å². The topological polar surface area (TPSA) is 107 Å². The van der Waals surface area contributed by atoms with Crippen molar-refractivity contribution in [3.05, 3.63) is 0 Å². The number of thioether (sulfide) groups is 3. The van der Waals surface area contributed by atoms with Crippen LogP contribution in [0.3, 0.4) is 0 Å². The quantitative estimate of drug-likeness (QED) is 0.197. The number of methoxy groups -OCH3 is 3. The lowest BCUT2D eigenvalue weighted by Gasteiger charge is -2.29. The van der Waals surface area contributed by atoms with Gasteiger partial charge in [0.25, 0.3) is 0 Å². The van der Waals surface area contributed by atoms with Crippen LogP contribution >= 0.6 is 71.9 Å². The molecule has 32 heavy (non-hydrogen) atoms. The Morgan fingerprint density at radius 3 is 1.09 bits per heavy atom. The molecule has 0 saturated heterocycles. The van der Waals surface area contributed by atoms with Crippen molar-refractivity contribution < 1.29 is 42.8 Å². The second kappa shape index (κ2) is 17.6. The molecule has 0 heterocycles. The van der Waals surface area contributed by atoms with Crippen LogP contribution in [0.4, 0.5) is 0 Å². The lowest BCUT2D eigenvalue weighted by Crippen LogP contribution is -2.36. The summed E-state index contributed by atoms with van der Waals surface area (Å²) in [4.78, 5) is 33.7. The molecule has 0 saturated carbocycles. The summed E-state index contributed by atoms with van der Waals surface area (Å²) in [6.07, 6.45) is 0. The summed E-state index contributed by atoms with van der Waals surface area (Å²) >= 11 is 18.4. The van der Waals surface area contributed by atoms with E-state index in [9.17, 15) is 14.4 Å². The van der Waals surface area contributed by atoms with Crippen LogP contribution in [-0.4, -0.2) is 89.5 Å². The molecule has 0 unspecified atom stereocenters. The highest BCUT2D eigenvalue weighted by atomic mass is 32.2.